The molecule has 0 fully saturated rings. The normalized spacial score (nSPS) is 14.7. The highest BCUT2D eigenvalue weighted by Gasteiger charge is 2.12. The van der Waals surface area contributed by atoms with Crippen molar-refractivity contribution < 1.29 is 9.53 Å². The number of carbonyl (C=O) groups is 1. The van der Waals surface area contributed by atoms with Crippen molar-refractivity contribution >= 4 is 5.91 Å². The molecule has 0 rings (SSSR count). The third-order valence-electron chi connectivity index (χ3n) is 2.27. The lowest BCUT2D eigenvalue weighted by atomic mass is 10.1. The van der Waals surface area contributed by atoms with Crippen molar-refractivity contribution in [2.24, 2.45) is 11.7 Å². The zero-order valence-corrected chi connectivity index (χ0v) is 10.1. The van der Waals surface area contributed by atoms with Crippen molar-refractivity contribution in [2.45, 2.75) is 39.2 Å². The molecule has 1 amide bonds. The van der Waals surface area contributed by atoms with Gasteiger partial charge >= 0.3 is 0 Å². The molecule has 2 atom stereocenters. The molecule has 0 aliphatic carbocycles. The fraction of sp³-hybridized carbons (Fsp3) is 0.909. The molecule has 0 aromatic heterocycles. The Kier molecular flexibility index (Phi) is 8.33. The Hall–Kier alpha value is -0.610. The van der Waals surface area contributed by atoms with Crippen LogP contribution >= 0.6 is 0 Å². The summed E-state index contributed by atoms with van der Waals surface area (Å²) in [6.45, 7) is 5.22. The molecule has 0 saturated heterocycles. The number of ether oxygens (including phenoxy) is 1. The fourth-order valence-electron chi connectivity index (χ4n) is 1.54. The van der Waals surface area contributed by atoms with Crippen molar-refractivity contribution in [3.8, 4) is 0 Å². The summed E-state index contributed by atoms with van der Waals surface area (Å²) < 4.78 is 4.98. The fourth-order valence-corrected chi connectivity index (χ4v) is 1.54. The Morgan fingerprint density at radius 3 is 2.67 bits per heavy atom. The van der Waals surface area contributed by atoms with Gasteiger partial charge in [-0.1, -0.05) is 20.3 Å². The third-order valence-corrected chi connectivity index (χ3v) is 2.27. The van der Waals surface area contributed by atoms with E-state index in [1.807, 2.05) is 6.92 Å². The van der Waals surface area contributed by atoms with Crippen LogP contribution in [0.15, 0.2) is 0 Å². The molecule has 0 bridgehead atoms. The molecule has 15 heavy (non-hydrogen) atoms. The number of methoxy groups -OCH3 is 1. The maximum Gasteiger partial charge on any atom is 0.220 e. The average molecular weight is 216 g/mol. The molecule has 2 unspecified atom stereocenters. The molecule has 0 saturated carbocycles. The van der Waals surface area contributed by atoms with Crippen molar-refractivity contribution in [1.82, 2.24) is 5.32 Å². The smallest absolute Gasteiger partial charge is 0.220 e. The summed E-state index contributed by atoms with van der Waals surface area (Å²) in [4.78, 5) is 11.6. The second kappa shape index (κ2) is 8.68. The summed E-state index contributed by atoms with van der Waals surface area (Å²) in [5, 5.41) is 2.94. The van der Waals surface area contributed by atoms with Crippen LogP contribution in [0.1, 0.15) is 33.1 Å². The molecular formula is C11H24N2O2. The van der Waals surface area contributed by atoms with Crippen LogP contribution in [-0.2, 0) is 9.53 Å². The number of rotatable bonds is 8. The first-order valence-electron chi connectivity index (χ1n) is 5.62. The van der Waals surface area contributed by atoms with E-state index in [1.54, 1.807) is 7.11 Å². The number of nitrogens with one attached hydrogen (secondary N) is 1. The summed E-state index contributed by atoms with van der Waals surface area (Å²) in [5.41, 5.74) is 5.56. The topological polar surface area (TPSA) is 64.3 Å². The first-order chi connectivity index (χ1) is 7.13. The third kappa shape index (κ3) is 7.33. The van der Waals surface area contributed by atoms with Gasteiger partial charge in [0.25, 0.3) is 0 Å². The summed E-state index contributed by atoms with van der Waals surface area (Å²) in [6, 6.07) is 0.122. The van der Waals surface area contributed by atoms with Crippen LogP contribution in [0.3, 0.4) is 0 Å². The predicted octanol–water partition coefficient (Wildman–Crippen LogP) is 0.903. The summed E-state index contributed by atoms with van der Waals surface area (Å²) in [5.74, 6) is 0.332. The van der Waals surface area contributed by atoms with E-state index in [0.29, 0.717) is 19.6 Å². The highest BCUT2D eigenvalue weighted by Crippen LogP contribution is 2.03. The molecule has 4 heteroatoms. The van der Waals surface area contributed by atoms with Gasteiger partial charge < -0.3 is 15.8 Å². The van der Waals surface area contributed by atoms with Gasteiger partial charge in [0.2, 0.25) is 5.91 Å². The predicted molar refractivity (Wildman–Crippen MR) is 61.6 cm³/mol. The van der Waals surface area contributed by atoms with Gasteiger partial charge in [-0.25, -0.2) is 0 Å². The van der Waals surface area contributed by atoms with Gasteiger partial charge in [-0.05, 0) is 12.3 Å². The molecule has 0 heterocycles. The van der Waals surface area contributed by atoms with E-state index in [-0.39, 0.29) is 17.9 Å². The van der Waals surface area contributed by atoms with E-state index >= 15 is 0 Å². The van der Waals surface area contributed by atoms with Crippen molar-refractivity contribution in [1.29, 1.82) is 0 Å². The molecule has 3 N–H and O–H groups in total. The number of nitrogens with two attached hydrogens (primary N) is 1. The SMILES string of the molecule is CCCC(CN)NC(=O)CC(C)COC. The molecule has 0 spiro atoms. The van der Waals surface area contributed by atoms with Crippen LogP contribution in [0, 0.1) is 5.92 Å². The molecule has 90 valence electrons. The van der Waals surface area contributed by atoms with Crippen LogP contribution in [0.5, 0.6) is 0 Å². The Morgan fingerprint density at radius 1 is 1.53 bits per heavy atom. The van der Waals surface area contributed by atoms with E-state index < -0.39 is 0 Å². The van der Waals surface area contributed by atoms with Crippen LogP contribution in [0.25, 0.3) is 0 Å². The van der Waals surface area contributed by atoms with Gasteiger partial charge in [0.1, 0.15) is 0 Å². The number of carbonyl (C=O) groups excluding carboxylic acids is 1. The quantitative estimate of drug-likeness (QED) is 0.633. The largest absolute Gasteiger partial charge is 0.384 e. The zero-order valence-electron chi connectivity index (χ0n) is 10.1. The van der Waals surface area contributed by atoms with Crippen molar-refractivity contribution in [3.05, 3.63) is 0 Å². The van der Waals surface area contributed by atoms with E-state index in [2.05, 4.69) is 12.2 Å². The van der Waals surface area contributed by atoms with Gasteiger partial charge in [-0.2, -0.15) is 0 Å². The lowest BCUT2D eigenvalue weighted by molar-refractivity contribution is -0.123. The Balaban J connectivity index is 3.79. The lowest BCUT2D eigenvalue weighted by Crippen LogP contribution is -2.40. The van der Waals surface area contributed by atoms with Crippen LogP contribution in [0.4, 0.5) is 0 Å². The molecule has 0 radical (unpaired) electrons. The van der Waals surface area contributed by atoms with E-state index in [4.69, 9.17) is 10.5 Å². The minimum atomic E-state index is 0.0726. The molecule has 4 nitrogen and oxygen atoms in total. The van der Waals surface area contributed by atoms with Crippen molar-refractivity contribution in [2.75, 3.05) is 20.3 Å². The standard InChI is InChI=1S/C11H24N2O2/c1-4-5-10(7-12)13-11(14)6-9(2)8-15-3/h9-10H,4-8,12H2,1-3H3,(H,13,14). The highest BCUT2D eigenvalue weighted by molar-refractivity contribution is 5.76. The number of hydrogen-bond donors (Lipinski definition) is 2. The highest BCUT2D eigenvalue weighted by atomic mass is 16.5. The number of hydrogen-bond acceptors (Lipinski definition) is 3. The van der Waals surface area contributed by atoms with Gasteiger partial charge in [0.05, 0.1) is 0 Å². The minimum absolute atomic E-state index is 0.0726. The molecule has 0 aromatic carbocycles. The first-order valence-corrected chi connectivity index (χ1v) is 5.62. The van der Waals surface area contributed by atoms with E-state index in [1.165, 1.54) is 0 Å². The molecule has 0 aliphatic rings. The monoisotopic (exact) mass is 216 g/mol. The average Bonchev–Trinajstić information content (AvgIpc) is 2.17. The van der Waals surface area contributed by atoms with Gasteiger partial charge in [0.15, 0.2) is 0 Å². The van der Waals surface area contributed by atoms with Crippen LogP contribution in [0.2, 0.25) is 0 Å². The van der Waals surface area contributed by atoms with E-state index in [9.17, 15) is 4.79 Å². The molecular weight excluding hydrogens is 192 g/mol. The Morgan fingerprint density at radius 2 is 2.20 bits per heavy atom. The number of amides is 1. The second-order valence-electron chi connectivity index (χ2n) is 4.05. The van der Waals surface area contributed by atoms with Crippen LogP contribution in [-0.4, -0.2) is 32.2 Å². The zero-order chi connectivity index (χ0) is 11.7. The first kappa shape index (κ1) is 14.4. The van der Waals surface area contributed by atoms with Crippen LogP contribution < -0.4 is 11.1 Å². The second-order valence-corrected chi connectivity index (χ2v) is 4.05. The van der Waals surface area contributed by atoms with Gasteiger partial charge in [0, 0.05) is 32.7 Å². The molecule has 0 aromatic rings. The maximum absolute atomic E-state index is 11.6. The summed E-state index contributed by atoms with van der Waals surface area (Å²) >= 11 is 0. The van der Waals surface area contributed by atoms with Gasteiger partial charge in [-0.3, -0.25) is 4.79 Å². The Labute approximate surface area is 92.6 Å². The minimum Gasteiger partial charge on any atom is -0.384 e. The maximum atomic E-state index is 11.6. The van der Waals surface area contributed by atoms with Crippen molar-refractivity contribution in [3.63, 3.8) is 0 Å². The summed E-state index contributed by atoms with van der Waals surface area (Å²) in [7, 11) is 1.65. The Bertz CT molecular complexity index is 174. The molecule has 0 aliphatic heterocycles. The lowest BCUT2D eigenvalue weighted by Gasteiger charge is -2.17. The van der Waals surface area contributed by atoms with E-state index in [0.717, 1.165) is 12.8 Å². The van der Waals surface area contributed by atoms with Gasteiger partial charge in [-0.15, -0.1) is 0 Å². The summed E-state index contributed by atoms with van der Waals surface area (Å²) in [6.07, 6.45) is 2.49.